The fourth-order valence-electron chi connectivity index (χ4n) is 1.42. The molecule has 0 bridgehead atoms. The second-order valence-corrected chi connectivity index (χ2v) is 6.04. The summed E-state index contributed by atoms with van der Waals surface area (Å²) in [6.07, 6.45) is -0.233. The van der Waals surface area contributed by atoms with Gasteiger partial charge in [-0.3, -0.25) is 0 Å². The molecule has 1 N–H and O–H groups in total. The van der Waals surface area contributed by atoms with E-state index < -0.39 is 23.7 Å². The topological polar surface area (TPSA) is 64.6 Å². The summed E-state index contributed by atoms with van der Waals surface area (Å²) in [6.45, 7) is 5.29. The normalized spacial score (nSPS) is 12.6. The number of rotatable bonds is 4. The lowest BCUT2D eigenvalue weighted by Gasteiger charge is -2.22. The molecular formula is C13H19NO4S. The number of methoxy groups -OCH3 is 1. The molecule has 0 saturated carbocycles. The third-order valence-corrected chi connectivity index (χ3v) is 3.06. The molecule has 0 spiro atoms. The number of hydrogen-bond donors (Lipinski definition) is 1. The molecular weight excluding hydrogens is 266 g/mol. The van der Waals surface area contributed by atoms with E-state index in [0.29, 0.717) is 6.42 Å². The van der Waals surface area contributed by atoms with E-state index in [2.05, 4.69) is 10.1 Å². The first kappa shape index (κ1) is 15.5. The summed E-state index contributed by atoms with van der Waals surface area (Å²) >= 11 is 1.52. The average molecular weight is 285 g/mol. The zero-order valence-corrected chi connectivity index (χ0v) is 12.4. The van der Waals surface area contributed by atoms with Gasteiger partial charge in [-0.2, -0.15) is 0 Å². The summed E-state index contributed by atoms with van der Waals surface area (Å²) in [7, 11) is 1.29. The van der Waals surface area contributed by atoms with Crippen molar-refractivity contribution in [1.29, 1.82) is 0 Å². The lowest BCUT2D eigenvalue weighted by molar-refractivity contribution is -0.143. The number of hydrogen-bond acceptors (Lipinski definition) is 5. The van der Waals surface area contributed by atoms with E-state index in [0.717, 1.165) is 4.88 Å². The van der Waals surface area contributed by atoms with E-state index in [1.165, 1.54) is 18.4 Å². The van der Waals surface area contributed by atoms with Gasteiger partial charge in [0.25, 0.3) is 0 Å². The van der Waals surface area contributed by atoms with Crippen LogP contribution in [-0.4, -0.2) is 30.8 Å². The summed E-state index contributed by atoms with van der Waals surface area (Å²) in [5.74, 6) is -0.487. The van der Waals surface area contributed by atoms with Gasteiger partial charge in [0.1, 0.15) is 11.6 Å². The van der Waals surface area contributed by atoms with E-state index in [-0.39, 0.29) is 0 Å². The highest BCUT2D eigenvalue weighted by Gasteiger charge is 2.25. The summed E-state index contributed by atoms with van der Waals surface area (Å²) in [5.41, 5.74) is -0.603. The SMILES string of the molecule is COC(=O)[C@@H](Cc1cccs1)NC(=O)OC(C)(C)C. The molecule has 1 rings (SSSR count). The van der Waals surface area contributed by atoms with Gasteiger partial charge in [0.05, 0.1) is 7.11 Å². The van der Waals surface area contributed by atoms with E-state index >= 15 is 0 Å². The van der Waals surface area contributed by atoms with Gasteiger partial charge >= 0.3 is 12.1 Å². The van der Waals surface area contributed by atoms with E-state index in [1.54, 1.807) is 20.8 Å². The lowest BCUT2D eigenvalue weighted by atomic mass is 10.2. The maximum absolute atomic E-state index is 11.7. The largest absolute Gasteiger partial charge is 0.467 e. The highest BCUT2D eigenvalue weighted by Crippen LogP contribution is 2.13. The molecule has 1 aromatic rings. The van der Waals surface area contributed by atoms with Crippen molar-refractivity contribution in [3.8, 4) is 0 Å². The van der Waals surface area contributed by atoms with Gasteiger partial charge in [0.2, 0.25) is 0 Å². The third-order valence-electron chi connectivity index (χ3n) is 2.16. The number of ether oxygens (including phenoxy) is 2. The summed E-state index contributed by atoms with van der Waals surface area (Å²) in [4.78, 5) is 24.3. The minimum absolute atomic E-state index is 0.392. The molecule has 1 heterocycles. The first-order valence-electron chi connectivity index (χ1n) is 5.91. The molecule has 0 fully saturated rings. The van der Waals surface area contributed by atoms with Crippen molar-refractivity contribution >= 4 is 23.4 Å². The van der Waals surface area contributed by atoms with Crippen LogP contribution in [0.15, 0.2) is 17.5 Å². The van der Waals surface area contributed by atoms with Gasteiger partial charge in [-0.25, -0.2) is 9.59 Å². The van der Waals surface area contributed by atoms with Gasteiger partial charge in [-0.05, 0) is 32.2 Å². The summed E-state index contributed by atoms with van der Waals surface area (Å²) in [6, 6.07) is 3.05. The predicted octanol–water partition coefficient (Wildman–Crippen LogP) is 2.36. The predicted molar refractivity (Wildman–Crippen MR) is 73.2 cm³/mol. The molecule has 0 saturated heterocycles. The Morgan fingerprint density at radius 3 is 2.58 bits per heavy atom. The molecule has 106 valence electrons. The number of thiophene rings is 1. The van der Waals surface area contributed by atoms with Crippen molar-refractivity contribution in [2.24, 2.45) is 0 Å². The van der Waals surface area contributed by atoms with Crippen LogP contribution in [0.25, 0.3) is 0 Å². The minimum atomic E-state index is -0.738. The van der Waals surface area contributed by atoms with Crippen LogP contribution in [0.2, 0.25) is 0 Å². The second kappa shape index (κ2) is 6.56. The Hall–Kier alpha value is -1.56. The van der Waals surface area contributed by atoms with Gasteiger partial charge in [0.15, 0.2) is 0 Å². The van der Waals surface area contributed by atoms with Crippen LogP contribution >= 0.6 is 11.3 Å². The minimum Gasteiger partial charge on any atom is -0.467 e. The monoisotopic (exact) mass is 285 g/mol. The van der Waals surface area contributed by atoms with Crippen LogP contribution in [-0.2, 0) is 20.7 Å². The highest BCUT2D eigenvalue weighted by atomic mass is 32.1. The Morgan fingerprint density at radius 2 is 2.11 bits per heavy atom. The Labute approximate surface area is 116 Å². The molecule has 19 heavy (non-hydrogen) atoms. The summed E-state index contributed by atoms with van der Waals surface area (Å²) in [5, 5.41) is 4.45. The Kier molecular flexibility index (Phi) is 5.35. The van der Waals surface area contributed by atoms with Gasteiger partial charge in [-0.1, -0.05) is 6.07 Å². The van der Waals surface area contributed by atoms with Crippen LogP contribution in [0.5, 0.6) is 0 Å². The van der Waals surface area contributed by atoms with Gasteiger partial charge in [-0.15, -0.1) is 11.3 Å². The number of esters is 1. The Balaban J connectivity index is 2.65. The molecule has 1 atom stereocenters. The fourth-order valence-corrected chi connectivity index (χ4v) is 2.17. The number of alkyl carbamates (subject to hydrolysis) is 1. The molecule has 0 aliphatic carbocycles. The molecule has 0 radical (unpaired) electrons. The van der Waals surface area contributed by atoms with Crippen molar-refractivity contribution in [3.63, 3.8) is 0 Å². The van der Waals surface area contributed by atoms with E-state index in [9.17, 15) is 9.59 Å². The maximum atomic E-state index is 11.7. The number of carbonyl (C=O) groups is 2. The molecule has 0 aromatic carbocycles. The molecule has 0 aliphatic heterocycles. The molecule has 1 amide bonds. The molecule has 0 unspecified atom stereocenters. The smallest absolute Gasteiger partial charge is 0.408 e. The molecule has 0 aliphatic rings. The van der Waals surface area contributed by atoms with Gasteiger partial charge in [0, 0.05) is 11.3 Å². The van der Waals surface area contributed by atoms with E-state index in [1.807, 2.05) is 17.5 Å². The van der Waals surface area contributed by atoms with Crippen molar-refractivity contribution in [2.45, 2.75) is 38.8 Å². The fraction of sp³-hybridized carbons (Fsp3) is 0.538. The quantitative estimate of drug-likeness (QED) is 0.863. The lowest BCUT2D eigenvalue weighted by Crippen LogP contribution is -2.45. The standard InChI is InChI=1S/C13H19NO4S/c1-13(2,3)18-12(16)14-10(11(15)17-4)8-9-6-5-7-19-9/h5-7,10H,8H2,1-4H3,(H,14,16)/t10-/m1/s1. The molecule has 5 nitrogen and oxygen atoms in total. The molecule has 6 heteroatoms. The molecule has 1 aromatic heterocycles. The van der Waals surface area contributed by atoms with Gasteiger partial charge < -0.3 is 14.8 Å². The van der Waals surface area contributed by atoms with Crippen LogP contribution in [0.4, 0.5) is 4.79 Å². The summed E-state index contributed by atoms with van der Waals surface area (Å²) < 4.78 is 9.82. The van der Waals surface area contributed by atoms with Crippen LogP contribution in [0.1, 0.15) is 25.6 Å². The van der Waals surface area contributed by atoms with Crippen molar-refractivity contribution in [1.82, 2.24) is 5.32 Å². The average Bonchev–Trinajstić information content (AvgIpc) is 2.77. The number of carbonyl (C=O) groups excluding carboxylic acids is 2. The zero-order chi connectivity index (χ0) is 14.5. The Morgan fingerprint density at radius 1 is 1.42 bits per heavy atom. The van der Waals surface area contributed by atoms with Crippen molar-refractivity contribution in [3.05, 3.63) is 22.4 Å². The Bertz CT molecular complexity index is 422. The first-order chi connectivity index (χ1) is 8.81. The van der Waals surface area contributed by atoms with Crippen LogP contribution in [0.3, 0.4) is 0 Å². The number of amides is 1. The van der Waals surface area contributed by atoms with Crippen molar-refractivity contribution in [2.75, 3.05) is 7.11 Å². The second-order valence-electron chi connectivity index (χ2n) is 5.01. The van der Waals surface area contributed by atoms with Crippen LogP contribution < -0.4 is 5.32 Å². The maximum Gasteiger partial charge on any atom is 0.408 e. The first-order valence-corrected chi connectivity index (χ1v) is 6.79. The van der Waals surface area contributed by atoms with Crippen LogP contribution in [0, 0.1) is 0 Å². The van der Waals surface area contributed by atoms with Crippen molar-refractivity contribution < 1.29 is 19.1 Å². The zero-order valence-electron chi connectivity index (χ0n) is 11.6. The van der Waals surface area contributed by atoms with E-state index in [4.69, 9.17) is 4.74 Å². The third kappa shape index (κ3) is 5.74. The highest BCUT2D eigenvalue weighted by molar-refractivity contribution is 7.09. The number of nitrogens with one attached hydrogen (secondary N) is 1.